The third-order valence-electron chi connectivity index (χ3n) is 4.63. The number of hydrogen-bond donors (Lipinski definition) is 0. The van der Waals surface area contributed by atoms with E-state index in [1.165, 1.54) is 0 Å². The zero-order valence-corrected chi connectivity index (χ0v) is 17.0. The van der Waals surface area contributed by atoms with Gasteiger partial charge >= 0.3 is 0 Å². The zero-order valence-electron chi connectivity index (χ0n) is 14.6. The topological polar surface area (TPSA) is 46.6 Å². The lowest BCUT2D eigenvalue weighted by molar-refractivity contribution is 0.415. The van der Waals surface area contributed by atoms with Crippen molar-refractivity contribution in [3.8, 4) is 5.75 Å². The van der Waals surface area contributed by atoms with Gasteiger partial charge in [-0.3, -0.25) is 4.31 Å². The number of benzene rings is 2. The van der Waals surface area contributed by atoms with Gasteiger partial charge in [-0.15, -0.1) is 0 Å². The van der Waals surface area contributed by atoms with Crippen LogP contribution in [0.5, 0.6) is 5.75 Å². The molecule has 1 saturated carbocycles. The van der Waals surface area contributed by atoms with E-state index >= 15 is 0 Å². The van der Waals surface area contributed by atoms with Gasteiger partial charge in [0.05, 0.1) is 12.8 Å². The van der Waals surface area contributed by atoms with E-state index in [0.29, 0.717) is 26.7 Å². The predicted molar refractivity (Wildman–Crippen MR) is 104 cm³/mol. The molecule has 0 N–H and O–H groups in total. The van der Waals surface area contributed by atoms with E-state index in [9.17, 15) is 8.42 Å². The first-order chi connectivity index (χ1) is 11.8. The molecule has 1 fully saturated rings. The van der Waals surface area contributed by atoms with Crippen LogP contribution >= 0.6 is 15.9 Å². The molecule has 0 bridgehead atoms. The highest BCUT2D eigenvalue weighted by molar-refractivity contribution is 9.10. The smallest absolute Gasteiger partial charge is 0.265 e. The number of sulfonamides is 1. The molecule has 0 aliphatic heterocycles. The second-order valence-electron chi connectivity index (χ2n) is 6.51. The van der Waals surface area contributed by atoms with Gasteiger partial charge in [-0.05, 0) is 90.5 Å². The van der Waals surface area contributed by atoms with Gasteiger partial charge in [-0.2, -0.15) is 0 Å². The summed E-state index contributed by atoms with van der Waals surface area (Å²) in [6.07, 6.45) is 2.14. The molecule has 2 aromatic rings. The van der Waals surface area contributed by atoms with Crippen molar-refractivity contribution >= 4 is 31.6 Å². The molecule has 0 spiro atoms. The largest absolute Gasteiger partial charge is 0.497 e. The molecule has 1 aliphatic rings. The number of hydrogen-bond acceptors (Lipinski definition) is 3. The lowest BCUT2D eigenvalue weighted by Crippen LogP contribution is -2.40. The molecule has 0 saturated heterocycles. The molecular weight excluding hydrogens is 402 g/mol. The Morgan fingerprint density at radius 3 is 2.32 bits per heavy atom. The first-order valence-corrected chi connectivity index (χ1v) is 10.5. The first-order valence-electron chi connectivity index (χ1n) is 8.29. The van der Waals surface area contributed by atoms with Gasteiger partial charge in [0.1, 0.15) is 10.6 Å². The van der Waals surface area contributed by atoms with Crippen LogP contribution in [0.15, 0.2) is 51.8 Å². The molecule has 6 heteroatoms. The molecule has 1 atom stereocenters. The summed E-state index contributed by atoms with van der Waals surface area (Å²) < 4.78 is 34.3. The van der Waals surface area contributed by atoms with Gasteiger partial charge in [0.25, 0.3) is 10.0 Å². The van der Waals surface area contributed by atoms with E-state index in [-0.39, 0.29) is 6.04 Å². The molecule has 2 aromatic carbocycles. The van der Waals surface area contributed by atoms with Crippen molar-refractivity contribution in [1.82, 2.24) is 0 Å². The molecule has 1 aliphatic carbocycles. The van der Waals surface area contributed by atoms with Crippen molar-refractivity contribution in [2.45, 2.75) is 37.6 Å². The number of rotatable bonds is 6. The number of methoxy groups -OCH3 is 1. The SMILES string of the molecule is COc1ccc(N(C(C)C2CC2)S(=O)(=O)c2ccc(C)cc2Br)cc1. The fourth-order valence-corrected chi connectivity index (χ4v) is 5.89. The van der Waals surface area contributed by atoms with Crippen LogP contribution < -0.4 is 9.04 Å². The quantitative estimate of drug-likeness (QED) is 0.672. The molecule has 0 amide bonds. The Labute approximate surface area is 158 Å². The van der Waals surface area contributed by atoms with Crippen molar-refractivity contribution in [2.75, 3.05) is 11.4 Å². The summed E-state index contributed by atoms with van der Waals surface area (Å²) in [6, 6.07) is 12.4. The highest BCUT2D eigenvalue weighted by Gasteiger charge is 2.39. The minimum absolute atomic E-state index is 0.0911. The Hall–Kier alpha value is -1.53. The highest BCUT2D eigenvalue weighted by atomic mass is 79.9. The Bertz CT molecular complexity index is 861. The van der Waals surface area contributed by atoms with Crippen molar-refractivity contribution in [1.29, 1.82) is 0 Å². The molecular formula is C19H22BrNO3S. The number of aryl methyl sites for hydroxylation is 1. The number of anilines is 1. The van der Waals surface area contributed by atoms with E-state index in [1.54, 1.807) is 41.7 Å². The van der Waals surface area contributed by atoms with Gasteiger partial charge < -0.3 is 4.74 Å². The minimum atomic E-state index is -3.68. The summed E-state index contributed by atoms with van der Waals surface area (Å²) in [4.78, 5) is 0.293. The molecule has 1 unspecified atom stereocenters. The van der Waals surface area contributed by atoms with Crippen LogP contribution in [0, 0.1) is 12.8 Å². The van der Waals surface area contributed by atoms with Crippen molar-refractivity contribution in [3.05, 3.63) is 52.5 Å². The average Bonchev–Trinajstić information content (AvgIpc) is 3.40. The molecule has 0 aromatic heterocycles. The highest BCUT2D eigenvalue weighted by Crippen LogP contribution is 2.40. The Kier molecular flexibility index (Phi) is 5.11. The van der Waals surface area contributed by atoms with Crippen LogP contribution in [0.2, 0.25) is 0 Å². The summed E-state index contributed by atoms with van der Waals surface area (Å²) in [5.41, 5.74) is 1.67. The van der Waals surface area contributed by atoms with Gasteiger partial charge in [0.15, 0.2) is 0 Å². The third-order valence-corrected chi connectivity index (χ3v) is 7.52. The minimum Gasteiger partial charge on any atom is -0.497 e. The predicted octanol–water partition coefficient (Wildman–Crippen LogP) is 4.76. The van der Waals surface area contributed by atoms with Gasteiger partial charge in [-0.1, -0.05) is 6.07 Å². The Balaban J connectivity index is 2.09. The molecule has 134 valence electrons. The first kappa shape index (κ1) is 18.3. The van der Waals surface area contributed by atoms with Crippen LogP contribution in [0.4, 0.5) is 5.69 Å². The molecule has 3 rings (SSSR count). The monoisotopic (exact) mass is 423 g/mol. The average molecular weight is 424 g/mol. The summed E-state index contributed by atoms with van der Waals surface area (Å²) in [7, 11) is -2.08. The van der Waals surface area contributed by atoms with E-state index in [0.717, 1.165) is 18.4 Å². The maximum absolute atomic E-state index is 13.5. The summed E-state index contributed by atoms with van der Waals surface area (Å²) in [5, 5.41) is 0. The number of halogens is 1. The van der Waals surface area contributed by atoms with Crippen LogP contribution in [-0.2, 0) is 10.0 Å². The second-order valence-corrected chi connectivity index (χ2v) is 9.15. The molecule has 0 heterocycles. The molecule has 0 radical (unpaired) electrons. The fourth-order valence-electron chi connectivity index (χ4n) is 3.01. The lowest BCUT2D eigenvalue weighted by Gasteiger charge is -2.31. The van der Waals surface area contributed by atoms with Crippen LogP contribution in [0.1, 0.15) is 25.3 Å². The van der Waals surface area contributed by atoms with E-state index in [4.69, 9.17) is 4.74 Å². The number of ether oxygens (including phenoxy) is 1. The Morgan fingerprint density at radius 1 is 1.16 bits per heavy atom. The van der Waals surface area contributed by atoms with Gasteiger partial charge in [0, 0.05) is 10.5 Å². The summed E-state index contributed by atoms with van der Waals surface area (Å²) in [6.45, 7) is 3.93. The van der Waals surface area contributed by atoms with Crippen molar-refractivity contribution in [2.24, 2.45) is 5.92 Å². The van der Waals surface area contributed by atoms with Crippen LogP contribution in [-0.4, -0.2) is 21.6 Å². The van der Waals surface area contributed by atoms with E-state index in [1.807, 2.05) is 26.0 Å². The summed E-state index contributed by atoms with van der Waals surface area (Å²) in [5.74, 6) is 1.11. The van der Waals surface area contributed by atoms with Crippen LogP contribution in [0.3, 0.4) is 0 Å². The lowest BCUT2D eigenvalue weighted by atomic mass is 10.2. The summed E-state index contributed by atoms with van der Waals surface area (Å²) >= 11 is 3.42. The fraction of sp³-hybridized carbons (Fsp3) is 0.368. The maximum Gasteiger partial charge on any atom is 0.265 e. The molecule has 25 heavy (non-hydrogen) atoms. The zero-order chi connectivity index (χ0) is 18.2. The van der Waals surface area contributed by atoms with Crippen molar-refractivity contribution in [3.63, 3.8) is 0 Å². The maximum atomic E-state index is 13.5. The number of nitrogens with zero attached hydrogens (tertiary/aromatic N) is 1. The third kappa shape index (κ3) is 3.70. The van der Waals surface area contributed by atoms with Gasteiger partial charge in [0.2, 0.25) is 0 Å². The molecule has 4 nitrogen and oxygen atoms in total. The van der Waals surface area contributed by atoms with Gasteiger partial charge in [-0.25, -0.2) is 8.42 Å². The van der Waals surface area contributed by atoms with Crippen LogP contribution in [0.25, 0.3) is 0 Å². The standard InChI is InChI=1S/C19H22BrNO3S/c1-13-4-11-19(18(20)12-13)25(22,23)21(14(2)15-5-6-15)16-7-9-17(24-3)10-8-16/h4,7-12,14-15H,5-6H2,1-3H3. The van der Waals surface area contributed by atoms with E-state index < -0.39 is 10.0 Å². The van der Waals surface area contributed by atoms with E-state index in [2.05, 4.69) is 15.9 Å². The normalized spacial score (nSPS) is 15.7. The van der Waals surface area contributed by atoms with Crippen molar-refractivity contribution < 1.29 is 13.2 Å². The Morgan fingerprint density at radius 2 is 1.80 bits per heavy atom. The second kappa shape index (κ2) is 7.00.